The van der Waals surface area contributed by atoms with E-state index in [1.54, 1.807) is 4.68 Å². The molecule has 6 rings (SSSR count). The Bertz CT molecular complexity index is 1780. The van der Waals surface area contributed by atoms with E-state index in [1.165, 1.54) is 17.8 Å². The fraction of sp³-hybridized carbons (Fsp3) is 0.222. The number of para-hydroxylation sites is 1. The monoisotopic (exact) mass is 649 g/mol. The second-order valence-corrected chi connectivity index (χ2v) is 11.9. The van der Waals surface area contributed by atoms with Crippen molar-refractivity contribution in [2.75, 3.05) is 12.4 Å². The van der Waals surface area contributed by atoms with E-state index in [-0.39, 0.29) is 25.4 Å². The highest BCUT2D eigenvalue weighted by Gasteiger charge is 2.33. The van der Waals surface area contributed by atoms with Crippen LogP contribution in [0.4, 0.5) is 4.79 Å². The summed E-state index contributed by atoms with van der Waals surface area (Å²) in [6.07, 6.45) is 0.662. The van der Waals surface area contributed by atoms with Crippen LogP contribution in [0.15, 0.2) is 121 Å². The van der Waals surface area contributed by atoms with E-state index in [0.717, 1.165) is 39.1 Å². The standard InChI is InChI=1S/C36H35N5O5S/c1-2-18-44-36(43)37-22-26-8-6-9-28(19-26)29-10-7-11-30(20-29)34-45-32(21-33(46-34)27-16-14-25(23-42)15-17-27)24-47-35-38-39-40-41(35)31-12-4-3-5-13-31/h2-17,19-20,32-34,42H,1,18,21-24H2,(H,37,43). The summed E-state index contributed by atoms with van der Waals surface area (Å²) < 4.78 is 19.9. The molecule has 3 unspecified atom stereocenters. The zero-order chi connectivity index (χ0) is 32.4. The molecule has 2 heterocycles. The first kappa shape index (κ1) is 32.1. The molecule has 0 bridgehead atoms. The molecule has 1 saturated heterocycles. The van der Waals surface area contributed by atoms with Crippen LogP contribution < -0.4 is 5.32 Å². The van der Waals surface area contributed by atoms with Gasteiger partial charge in [0.2, 0.25) is 5.16 Å². The molecule has 2 N–H and O–H groups in total. The number of thioether (sulfide) groups is 1. The third-order valence-corrected chi connectivity index (χ3v) is 8.69. The second kappa shape index (κ2) is 15.7. The molecule has 10 nitrogen and oxygen atoms in total. The minimum atomic E-state index is -0.619. The first-order chi connectivity index (χ1) is 23.1. The Kier molecular flexibility index (Phi) is 10.7. The summed E-state index contributed by atoms with van der Waals surface area (Å²) in [6, 6.07) is 33.7. The average molecular weight is 650 g/mol. The number of alkyl carbamates (subject to hydrolysis) is 1. The highest BCUT2D eigenvalue weighted by molar-refractivity contribution is 7.99. The number of carbonyl (C=O) groups is 1. The summed E-state index contributed by atoms with van der Waals surface area (Å²) in [7, 11) is 0. The van der Waals surface area contributed by atoms with E-state index in [1.807, 2.05) is 97.1 Å². The molecule has 11 heteroatoms. The smallest absolute Gasteiger partial charge is 0.407 e. The summed E-state index contributed by atoms with van der Waals surface area (Å²) in [6.45, 7) is 4.04. The van der Waals surface area contributed by atoms with Crippen LogP contribution in [0.2, 0.25) is 0 Å². The third-order valence-electron chi connectivity index (χ3n) is 7.64. The quantitative estimate of drug-likeness (QED) is 0.114. The zero-order valence-corrected chi connectivity index (χ0v) is 26.5. The lowest BCUT2D eigenvalue weighted by molar-refractivity contribution is -0.245. The van der Waals surface area contributed by atoms with Gasteiger partial charge in [-0.05, 0) is 62.5 Å². The number of nitrogens with one attached hydrogen (secondary N) is 1. The van der Waals surface area contributed by atoms with E-state index < -0.39 is 12.4 Å². The van der Waals surface area contributed by atoms with E-state index in [0.29, 0.717) is 23.9 Å². The summed E-state index contributed by atoms with van der Waals surface area (Å²) in [5.41, 5.74) is 6.57. The zero-order valence-electron chi connectivity index (χ0n) is 25.6. The van der Waals surface area contributed by atoms with Crippen molar-refractivity contribution in [1.29, 1.82) is 0 Å². The Labute approximate surface area is 277 Å². The fourth-order valence-electron chi connectivity index (χ4n) is 5.28. The summed E-state index contributed by atoms with van der Waals surface area (Å²) in [5.74, 6) is 0.613. The summed E-state index contributed by atoms with van der Waals surface area (Å²) in [4.78, 5) is 11.9. The second-order valence-electron chi connectivity index (χ2n) is 10.9. The van der Waals surface area contributed by atoms with Crippen molar-refractivity contribution in [3.05, 3.63) is 138 Å². The van der Waals surface area contributed by atoms with Crippen LogP contribution in [-0.2, 0) is 27.4 Å². The molecular weight excluding hydrogens is 614 g/mol. The Morgan fingerprint density at radius 3 is 2.53 bits per heavy atom. The number of benzene rings is 4. The molecular formula is C36H35N5O5S. The van der Waals surface area contributed by atoms with Gasteiger partial charge >= 0.3 is 6.09 Å². The Morgan fingerprint density at radius 2 is 1.74 bits per heavy atom. The highest BCUT2D eigenvalue weighted by atomic mass is 32.2. The van der Waals surface area contributed by atoms with Crippen molar-refractivity contribution < 1.29 is 24.1 Å². The fourth-order valence-corrected chi connectivity index (χ4v) is 6.18. The van der Waals surface area contributed by atoms with Crippen LogP contribution >= 0.6 is 11.8 Å². The van der Waals surface area contributed by atoms with Crippen LogP contribution in [0, 0.1) is 0 Å². The van der Waals surface area contributed by atoms with Crippen molar-refractivity contribution in [1.82, 2.24) is 25.5 Å². The number of aliphatic hydroxyl groups excluding tert-OH is 1. The maximum atomic E-state index is 11.9. The number of carbonyl (C=O) groups excluding carboxylic acids is 1. The van der Waals surface area contributed by atoms with Gasteiger partial charge in [-0.25, -0.2) is 4.79 Å². The SMILES string of the molecule is C=CCOC(=O)NCc1cccc(-c2cccc(C3OC(CSc4nnnn4-c4ccccc4)CC(c4ccc(CO)cc4)O3)c2)c1. The van der Waals surface area contributed by atoms with Gasteiger partial charge in [0.05, 0.1) is 24.5 Å². The lowest BCUT2D eigenvalue weighted by atomic mass is 9.99. The Morgan fingerprint density at radius 1 is 0.957 bits per heavy atom. The molecule has 47 heavy (non-hydrogen) atoms. The maximum Gasteiger partial charge on any atom is 0.407 e. The van der Waals surface area contributed by atoms with Crippen LogP contribution in [0.5, 0.6) is 0 Å². The average Bonchev–Trinajstić information content (AvgIpc) is 3.61. The van der Waals surface area contributed by atoms with Gasteiger partial charge in [0.1, 0.15) is 6.61 Å². The largest absolute Gasteiger partial charge is 0.445 e. The molecule has 3 atom stereocenters. The number of tetrazole rings is 1. The van der Waals surface area contributed by atoms with Crippen LogP contribution in [0.25, 0.3) is 16.8 Å². The van der Waals surface area contributed by atoms with Crippen LogP contribution in [-0.4, -0.2) is 49.9 Å². The van der Waals surface area contributed by atoms with E-state index >= 15 is 0 Å². The van der Waals surface area contributed by atoms with Gasteiger partial charge in [0.25, 0.3) is 0 Å². The van der Waals surface area contributed by atoms with Crippen molar-refractivity contribution in [3.8, 4) is 16.8 Å². The van der Waals surface area contributed by atoms with Crippen molar-refractivity contribution >= 4 is 17.9 Å². The van der Waals surface area contributed by atoms with E-state index in [2.05, 4.69) is 33.5 Å². The first-order valence-corrected chi connectivity index (χ1v) is 16.3. The van der Waals surface area contributed by atoms with Gasteiger partial charge in [-0.1, -0.05) is 103 Å². The van der Waals surface area contributed by atoms with Gasteiger partial charge in [-0.15, -0.1) is 5.10 Å². The van der Waals surface area contributed by atoms with Crippen LogP contribution in [0.1, 0.15) is 41.1 Å². The van der Waals surface area contributed by atoms with Gasteiger partial charge in [0.15, 0.2) is 6.29 Å². The number of hydrogen-bond donors (Lipinski definition) is 2. The molecule has 1 amide bonds. The molecule has 1 aromatic heterocycles. The number of nitrogens with zero attached hydrogens (tertiary/aromatic N) is 4. The summed E-state index contributed by atoms with van der Waals surface area (Å²) >= 11 is 1.54. The number of amides is 1. The molecule has 0 aliphatic carbocycles. The molecule has 0 radical (unpaired) electrons. The van der Waals surface area contributed by atoms with Crippen molar-refractivity contribution in [3.63, 3.8) is 0 Å². The minimum Gasteiger partial charge on any atom is -0.445 e. The van der Waals surface area contributed by atoms with E-state index in [4.69, 9.17) is 14.2 Å². The van der Waals surface area contributed by atoms with Gasteiger partial charge in [-0.2, -0.15) is 4.68 Å². The first-order valence-electron chi connectivity index (χ1n) is 15.3. The van der Waals surface area contributed by atoms with Gasteiger partial charge < -0.3 is 24.6 Å². The molecule has 0 saturated carbocycles. The Balaban J connectivity index is 1.21. The molecule has 1 aliphatic rings. The topological polar surface area (TPSA) is 121 Å². The highest BCUT2D eigenvalue weighted by Crippen LogP contribution is 2.40. The number of ether oxygens (including phenoxy) is 3. The molecule has 4 aromatic carbocycles. The van der Waals surface area contributed by atoms with Crippen molar-refractivity contribution in [2.45, 2.75) is 43.2 Å². The third kappa shape index (κ3) is 8.32. The lowest BCUT2D eigenvalue weighted by Gasteiger charge is -2.36. The number of rotatable bonds is 12. The molecule has 1 aliphatic heterocycles. The van der Waals surface area contributed by atoms with Crippen LogP contribution in [0.3, 0.4) is 0 Å². The predicted octanol–water partition coefficient (Wildman–Crippen LogP) is 6.57. The molecule has 240 valence electrons. The predicted molar refractivity (Wildman–Crippen MR) is 179 cm³/mol. The molecule has 5 aromatic rings. The molecule has 1 fully saturated rings. The Hall–Kier alpha value is -4.81. The van der Waals surface area contributed by atoms with E-state index in [9.17, 15) is 9.90 Å². The normalized spacial score (nSPS) is 17.6. The lowest BCUT2D eigenvalue weighted by Crippen LogP contribution is -2.31. The van der Waals surface area contributed by atoms with Gasteiger partial charge in [-0.3, -0.25) is 0 Å². The van der Waals surface area contributed by atoms with Crippen molar-refractivity contribution in [2.24, 2.45) is 0 Å². The summed E-state index contributed by atoms with van der Waals surface area (Å²) in [5, 5.41) is 25.4. The number of hydrogen-bond acceptors (Lipinski definition) is 9. The maximum absolute atomic E-state index is 11.9. The number of aromatic nitrogens is 4. The van der Waals surface area contributed by atoms with Gasteiger partial charge in [0, 0.05) is 24.3 Å². The number of aliphatic hydroxyl groups is 1. The minimum absolute atomic E-state index is 0.0175. The molecule has 0 spiro atoms.